The first-order chi connectivity index (χ1) is 14.4. The number of ether oxygens (including phenoxy) is 2. The number of aryl methyl sites for hydroxylation is 2. The summed E-state index contributed by atoms with van der Waals surface area (Å²) in [6, 6.07) is 11.7. The van der Waals surface area contributed by atoms with E-state index in [1.54, 1.807) is 24.3 Å². The van der Waals surface area contributed by atoms with Gasteiger partial charge in [0.05, 0.1) is 18.7 Å². The number of carboxylic acids is 1. The minimum atomic E-state index is -1.10. The van der Waals surface area contributed by atoms with Gasteiger partial charge in [0.1, 0.15) is 5.75 Å². The Kier molecular flexibility index (Phi) is 8.24. The summed E-state index contributed by atoms with van der Waals surface area (Å²) in [7, 11) is 1.30. The van der Waals surface area contributed by atoms with Gasteiger partial charge in [-0.25, -0.2) is 9.59 Å². The number of carboxylic acid groups (broad SMARTS) is 1. The molecule has 1 atom stereocenters. The molecule has 0 radical (unpaired) electrons. The maximum absolute atomic E-state index is 12.7. The average molecular weight is 410 g/mol. The largest absolute Gasteiger partial charge is 0.481 e. The number of nitrogens with zero attached hydrogens (tertiary/aromatic N) is 1. The Balaban J connectivity index is 2.58. The maximum Gasteiger partial charge on any atom is 0.341 e. The predicted molar refractivity (Wildman–Crippen MR) is 112 cm³/mol. The second-order valence-electron chi connectivity index (χ2n) is 6.75. The van der Waals surface area contributed by atoms with E-state index in [1.807, 2.05) is 26.0 Å². The van der Waals surface area contributed by atoms with Crippen molar-refractivity contribution in [3.8, 4) is 11.8 Å². The average Bonchev–Trinajstić information content (AvgIpc) is 2.76. The second-order valence-corrected chi connectivity index (χ2v) is 6.75. The molecule has 7 nitrogen and oxygen atoms in total. The molecular weight excluding hydrogens is 384 g/mol. The Hall–Kier alpha value is -3.53. The molecule has 2 rings (SSSR count). The number of esters is 1. The van der Waals surface area contributed by atoms with Crippen molar-refractivity contribution in [2.24, 2.45) is 0 Å². The monoisotopic (exact) mass is 410 g/mol. The molecule has 2 aromatic rings. The number of methoxy groups -OCH3 is 1. The Morgan fingerprint density at radius 1 is 1.20 bits per heavy atom. The molecule has 0 spiro atoms. The number of nitriles is 1. The van der Waals surface area contributed by atoms with Crippen LogP contribution in [-0.4, -0.2) is 30.8 Å². The van der Waals surface area contributed by atoms with Gasteiger partial charge in [-0.2, -0.15) is 5.26 Å². The van der Waals surface area contributed by atoms with E-state index in [1.165, 1.54) is 7.11 Å². The van der Waals surface area contributed by atoms with Gasteiger partial charge in [-0.3, -0.25) is 0 Å². The lowest BCUT2D eigenvalue weighted by atomic mass is 9.95. The third kappa shape index (κ3) is 5.74. The number of hydrogen-bond acceptors (Lipinski definition) is 6. The Bertz CT molecular complexity index is 932. The van der Waals surface area contributed by atoms with Crippen molar-refractivity contribution >= 4 is 17.6 Å². The molecule has 0 saturated carbocycles. The molecule has 2 aromatic carbocycles. The van der Waals surface area contributed by atoms with Crippen molar-refractivity contribution in [1.29, 1.82) is 5.26 Å². The standard InChI is InChI=1S/C23H26N2O5/c1-4-6-17-11-15(5-2)12-19(22(17)30-14-20(26)27)21(23(28)29-3)25-18-9-7-16(13-24)8-10-18/h7-12,21,25H,4-6,14H2,1-3H3,(H,26,27). The van der Waals surface area contributed by atoms with Gasteiger partial charge < -0.3 is 19.9 Å². The Morgan fingerprint density at radius 3 is 2.43 bits per heavy atom. The smallest absolute Gasteiger partial charge is 0.341 e. The number of hydrogen-bond donors (Lipinski definition) is 2. The quantitative estimate of drug-likeness (QED) is 0.572. The van der Waals surface area contributed by atoms with Crippen LogP contribution in [0, 0.1) is 11.3 Å². The normalized spacial score (nSPS) is 11.3. The minimum Gasteiger partial charge on any atom is -0.481 e. The summed E-state index contributed by atoms with van der Waals surface area (Å²) in [6.07, 6.45) is 2.26. The number of anilines is 1. The van der Waals surface area contributed by atoms with Gasteiger partial charge in [0, 0.05) is 11.3 Å². The lowest BCUT2D eigenvalue weighted by Gasteiger charge is -2.23. The number of benzene rings is 2. The minimum absolute atomic E-state index is 0.382. The zero-order valence-corrected chi connectivity index (χ0v) is 17.4. The van der Waals surface area contributed by atoms with E-state index in [2.05, 4.69) is 11.4 Å². The summed E-state index contributed by atoms with van der Waals surface area (Å²) in [5.41, 5.74) is 3.50. The van der Waals surface area contributed by atoms with Crippen LogP contribution >= 0.6 is 0 Å². The van der Waals surface area contributed by atoms with Crippen LogP contribution in [0.1, 0.15) is 48.6 Å². The van der Waals surface area contributed by atoms with Crippen molar-refractivity contribution < 1.29 is 24.2 Å². The summed E-state index contributed by atoms with van der Waals surface area (Å²) in [4.78, 5) is 23.8. The molecule has 0 aromatic heterocycles. The van der Waals surface area contributed by atoms with Gasteiger partial charge in [0.2, 0.25) is 0 Å². The van der Waals surface area contributed by atoms with Crippen LogP contribution in [0.4, 0.5) is 5.69 Å². The summed E-state index contributed by atoms with van der Waals surface area (Å²) < 4.78 is 10.7. The fourth-order valence-corrected chi connectivity index (χ4v) is 3.15. The topological polar surface area (TPSA) is 109 Å². The highest BCUT2D eigenvalue weighted by atomic mass is 16.5. The van der Waals surface area contributed by atoms with Gasteiger partial charge in [-0.05, 0) is 54.3 Å². The molecule has 158 valence electrons. The molecule has 0 heterocycles. The Morgan fingerprint density at radius 2 is 1.90 bits per heavy atom. The van der Waals surface area contributed by atoms with Gasteiger partial charge in [0.15, 0.2) is 12.6 Å². The summed E-state index contributed by atoms with van der Waals surface area (Å²) in [6.45, 7) is 3.51. The van der Waals surface area contributed by atoms with Crippen molar-refractivity contribution in [1.82, 2.24) is 0 Å². The second kappa shape index (κ2) is 10.9. The third-order valence-corrected chi connectivity index (χ3v) is 4.59. The molecule has 0 aliphatic heterocycles. The van der Waals surface area contributed by atoms with Gasteiger partial charge in [-0.15, -0.1) is 0 Å². The molecular formula is C23H26N2O5. The van der Waals surface area contributed by atoms with E-state index in [0.29, 0.717) is 29.0 Å². The Labute approximate surface area is 176 Å². The lowest BCUT2D eigenvalue weighted by molar-refractivity contribution is -0.141. The van der Waals surface area contributed by atoms with Crippen LogP contribution in [0.3, 0.4) is 0 Å². The first kappa shape index (κ1) is 22.8. The van der Waals surface area contributed by atoms with Crippen molar-refractivity contribution in [3.05, 3.63) is 58.7 Å². The molecule has 0 bridgehead atoms. The summed E-state index contributed by atoms with van der Waals surface area (Å²) >= 11 is 0. The van der Waals surface area contributed by atoms with E-state index < -0.39 is 24.6 Å². The van der Waals surface area contributed by atoms with Crippen molar-refractivity contribution in [3.63, 3.8) is 0 Å². The first-order valence-electron chi connectivity index (χ1n) is 9.78. The van der Waals surface area contributed by atoms with Crippen molar-refractivity contribution in [2.75, 3.05) is 19.0 Å². The SMILES string of the molecule is CCCc1cc(CC)cc(C(Nc2ccc(C#N)cc2)C(=O)OC)c1OCC(=O)O. The van der Waals surface area contributed by atoms with E-state index in [0.717, 1.165) is 24.0 Å². The van der Waals surface area contributed by atoms with Crippen LogP contribution in [-0.2, 0) is 27.2 Å². The molecule has 0 fully saturated rings. The van der Waals surface area contributed by atoms with E-state index >= 15 is 0 Å². The van der Waals surface area contributed by atoms with E-state index in [9.17, 15) is 9.59 Å². The summed E-state index contributed by atoms with van der Waals surface area (Å²) in [5.74, 6) is -1.25. The number of carbonyl (C=O) groups excluding carboxylic acids is 1. The highest BCUT2D eigenvalue weighted by Gasteiger charge is 2.27. The van der Waals surface area contributed by atoms with Crippen LogP contribution < -0.4 is 10.1 Å². The highest BCUT2D eigenvalue weighted by Crippen LogP contribution is 2.35. The molecule has 0 saturated heterocycles. The van der Waals surface area contributed by atoms with Gasteiger partial charge in [-0.1, -0.05) is 26.3 Å². The van der Waals surface area contributed by atoms with E-state index in [-0.39, 0.29) is 0 Å². The lowest BCUT2D eigenvalue weighted by Crippen LogP contribution is -2.24. The molecule has 7 heteroatoms. The predicted octanol–water partition coefficient (Wildman–Crippen LogP) is 3.86. The number of carbonyl (C=O) groups is 2. The zero-order chi connectivity index (χ0) is 22.1. The van der Waals surface area contributed by atoms with Crippen LogP contribution in [0.25, 0.3) is 0 Å². The fourth-order valence-electron chi connectivity index (χ4n) is 3.15. The first-order valence-corrected chi connectivity index (χ1v) is 9.78. The zero-order valence-electron chi connectivity index (χ0n) is 17.4. The number of rotatable bonds is 10. The van der Waals surface area contributed by atoms with E-state index in [4.69, 9.17) is 19.8 Å². The summed E-state index contributed by atoms with van der Waals surface area (Å²) in [5, 5.41) is 21.2. The van der Waals surface area contributed by atoms with Gasteiger partial charge >= 0.3 is 11.9 Å². The highest BCUT2D eigenvalue weighted by molar-refractivity contribution is 5.82. The molecule has 0 amide bonds. The molecule has 30 heavy (non-hydrogen) atoms. The molecule has 0 aliphatic carbocycles. The van der Waals surface area contributed by atoms with Gasteiger partial charge in [0.25, 0.3) is 0 Å². The number of aliphatic carboxylic acids is 1. The molecule has 2 N–H and O–H groups in total. The third-order valence-electron chi connectivity index (χ3n) is 4.59. The molecule has 1 unspecified atom stereocenters. The number of nitrogens with one attached hydrogen (secondary N) is 1. The maximum atomic E-state index is 12.7. The fraction of sp³-hybridized carbons (Fsp3) is 0.348. The van der Waals surface area contributed by atoms with Crippen LogP contribution in [0.15, 0.2) is 36.4 Å². The van der Waals surface area contributed by atoms with Crippen molar-refractivity contribution in [2.45, 2.75) is 39.2 Å². The van der Waals surface area contributed by atoms with Crippen LogP contribution in [0.2, 0.25) is 0 Å². The van der Waals surface area contributed by atoms with Crippen LogP contribution in [0.5, 0.6) is 5.75 Å². The molecule has 0 aliphatic rings.